The summed E-state index contributed by atoms with van der Waals surface area (Å²) in [6, 6.07) is 3.31. The molecule has 3 heterocycles. The van der Waals surface area contributed by atoms with Crippen LogP contribution in [0.15, 0.2) is 24.5 Å². The molecule has 2 aliphatic rings. The van der Waals surface area contributed by atoms with Crippen molar-refractivity contribution in [1.82, 2.24) is 20.5 Å². The van der Waals surface area contributed by atoms with Gasteiger partial charge in [0, 0.05) is 37.9 Å². The highest BCUT2D eigenvalue weighted by Crippen LogP contribution is 2.39. The van der Waals surface area contributed by atoms with Gasteiger partial charge in [-0.25, -0.2) is 0 Å². The van der Waals surface area contributed by atoms with Gasteiger partial charge >= 0.3 is 0 Å². The van der Waals surface area contributed by atoms with E-state index in [2.05, 4.69) is 15.6 Å². The summed E-state index contributed by atoms with van der Waals surface area (Å²) in [5.74, 6) is -0.273. The summed E-state index contributed by atoms with van der Waals surface area (Å²) < 4.78 is 0. The summed E-state index contributed by atoms with van der Waals surface area (Å²) in [7, 11) is 0. The van der Waals surface area contributed by atoms with Crippen LogP contribution >= 0.6 is 0 Å². The number of aromatic nitrogens is 1. The zero-order valence-electron chi connectivity index (χ0n) is 15.3. The monoisotopic (exact) mass is 358 g/mol. The number of nitrogens with zero attached hydrogens (tertiary/aromatic N) is 2. The molecule has 0 bridgehead atoms. The molecule has 2 saturated heterocycles. The number of carbonyl (C=O) groups is 3. The van der Waals surface area contributed by atoms with E-state index in [9.17, 15) is 14.4 Å². The third-order valence-corrected chi connectivity index (χ3v) is 5.32. The smallest absolute Gasteiger partial charge is 0.242 e. The average Bonchev–Trinajstić information content (AvgIpc) is 3.20. The Kier molecular flexibility index (Phi) is 5.25. The highest BCUT2D eigenvalue weighted by atomic mass is 16.2. The first kappa shape index (κ1) is 18.4. The minimum absolute atomic E-state index is 0.0694. The van der Waals surface area contributed by atoms with Gasteiger partial charge in [-0.3, -0.25) is 19.4 Å². The fraction of sp³-hybridized carbons (Fsp3) is 0.579. The molecule has 0 aromatic carbocycles. The molecule has 0 radical (unpaired) electrons. The van der Waals surface area contributed by atoms with Crippen molar-refractivity contribution in [2.75, 3.05) is 19.6 Å². The van der Waals surface area contributed by atoms with E-state index in [4.69, 9.17) is 0 Å². The molecule has 3 amide bonds. The second-order valence-electron chi connectivity index (χ2n) is 7.57. The first-order valence-electron chi connectivity index (χ1n) is 9.18. The van der Waals surface area contributed by atoms with Crippen molar-refractivity contribution in [3.05, 3.63) is 30.1 Å². The van der Waals surface area contributed by atoms with Crippen LogP contribution in [-0.2, 0) is 20.8 Å². The van der Waals surface area contributed by atoms with Gasteiger partial charge in [-0.05, 0) is 37.0 Å². The fourth-order valence-corrected chi connectivity index (χ4v) is 3.78. The molecule has 140 valence electrons. The van der Waals surface area contributed by atoms with E-state index in [1.54, 1.807) is 17.3 Å². The second kappa shape index (κ2) is 7.43. The maximum absolute atomic E-state index is 12.5. The second-order valence-corrected chi connectivity index (χ2v) is 7.57. The van der Waals surface area contributed by atoms with Gasteiger partial charge in [0.15, 0.2) is 0 Å². The van der Waals surface area contributed by atoms with E-state index < -0.39 is 11.5 Å². The van der Waals surface area contributed by atoms with E-state index in [0.29, 0.717) is 32.5 Å². The number of hydrogen-bond donors (Lipinski definition) is 2. The quantitative estimate of drug-likeness (QED) is 0.802. The van der Waals surface area contributed by atoms with Crippen molar-refractivity contribution in [3.8, 4) is 0 Å². The lowest BCUT2D eigenvalue weighted by molar-refractivity contribution is -0.134. The van der Waals surface area contributed by atoms with Gasteiger partial charge in [0.1, 0.15) is 6.04 Å². The summed E-state index contributed by atoms with van der Waals surface area (Å²) in [6.07, 6.45) is 5.24. The lowest BCUT2D eigenvalue weighted by Crippen LogP contribution is -2.42. The van der Waals surface area contributed by atoms with Crippen LogP contribution in [0.2, 0.25) is 0 Å². The van der Waals surface area contributed by atoms with Crippen LogP contribution in [0.5, 0.6) is 0 Å². The van der Waals surface area contributed by atoms with Crippen molar-refractivity contribution in [2.24, 2.45) is 11.3 Å². The van der Waals surface area contributed by atoms with Gasteiger partial charge in [0.05, 0.1) is 5.41 Å². The number of hydrogen-bond acceptors (Lipinski definition) is 4. The molecule has 2 fully saturated rings. The molecular formula is C19H26N4O3. The summed E-state index contributed by atoms with van der Waals surface area (Å²) in [5.41, 5.74) is 0.489. The van der Waals surface area contributed by atoms with Crippen LogP contribution in [0.4, 0.5) is 0 Å². The first-order valence-corrected chi connectivity index (χ1v) is 9.18. The van der Waals surface area contributed by atoms with E-state index in [-0.39, 0.29) is 23.6 Å². The Bertz CT molecular complexity index is 691. The van der Waals surface area contributed by atoms with Crippen LogP contribution in [-0.4, -0.2) is 53.3 Å². The van der Waals surface area contributed by atoms with Crippen molar-refractivity contribution in [2.45, 2.75) is 39.2 Å². The van der Waals surface area contributed by atoms with Crippen molar-refractivity contribution >= 4 is 17.7 Å². The third kappa shape index (κ3) is 3.71. The Hall–Kier alpha value is -2.44. The summed E-state index contributed by atoms with van der Waals surface area (Å²) >= 11 is 0. The molecule has 1 aromatic rings. The summed E-state index contributed by atoms with van der Waals surface area (Å²) in [6.45, 7) is 5.24. The molecule has 2 N–H and O–H groups in total. The van der Waals surface area contributed by atoms with Gasteiger partial charge in [0.25, 0.3) is 0 Å². The molecule has 1 spiro atoms. The van der Waals surface area contributed by atoms with Gasteiger partial charge < -0.3 is 15.5 Å². The van der Waals surface area contributed by atoms with E-state index >= 15 is 0 Å². The molecule has 3 rings (SSSR count). The van der Waals surface area contributed by atoms with Crippen LogP contribution in [0.25, 0.3) is 0 Å². The van der Waals surface area contributed by atoms with E-state index in [0.717, 1.165) is 12.0 Å². The molecule has 26 heavy (non-hydrogen) atoms. The van der Waals surface area contributed by atoms with Crippen molar-refractivity contribution in [1.29, 1.82) is 0 Å². The topological polar surface area (TPSA) is 91.4 Å². The van der Waals surface area contributed by atoms with Gasteiger partial charge in [0.2, 0.25) is 17.7 Å². The van der Waals surface area contributed by atoms with Crippen LogP contribution in [0.1, 0.15) is 32.3 Å². The molecular weight excluding hydrogens is 332 g/mol. The Morgan fingerprint density at radius 1 is 1.38 bits per heavy atom. The van der Waals surface area contributed by atoms with Gasteiger partial charge in [-0.15, -0.1) is 0 Å². The summed E-state index contributed by atoms with van der Waals surface area (Å²) in [5, 5.41) is 5.72. The Balaban J connectivity index is 1.53. The zero-order chi connectivity index (χ0) is 18.7. The molecule has 7 nitrogen and oxygen atoms in total. The third-order valence-electron chi connectivity index (χ3n) is 5.32. The number of likely N-dealkylation sites (tertiary alicyclic amines) is 1. The zero-order valence-corrected chi connectivity index (χ0v) is 15.3. The van der Waals surface area contributed by atoms with Gasteiger partial charge in [-0.1, -0.05) is 13.8 Å². The van der Waals surface area contributed by atoms with Crippen molar-refractivity contribution < 1.29 is 14.4 Å². The van der Waals surface area contributed by atoms with E-state index in [1.807, 2.05) is 26.0 Å². The minimum atomic E-state index is -0.613. The maximum Gasteiger partial charge on any atom is 0.242 e. The molecule has 1 aromatic heterocycles. The normalized spacial score (nSPS) is 25.0. The SMILES string of the molecule is CC(C)C(=O)N1CC[C@]2(C[C@@H](C(=O)NCCc3ccncc3)NC2=O)C1. The molecule has 0 saturated carbocycles. The number of amides is 3. The maximum atomic E-state index is 12.5. The molecule has 0 unspecified atom stereocenters. The Morgan fingerprint density at radius 2 is 2.12 bits per heavy atom. The standard InChI is InChI=1S/C19H26N4O3/c1-13(2)17(25)23-10-6-19(12-23)11-15(22-18(19)26)16(24)21-9-5-14-3-7-20-8-4-14/h3-4,7-8,13,15H,5-6,9-12H2,1-2H3,(H,21,24)(H,22,26)/t15-,19-/m0/s1. The lowest BCUT2D eigenvalue weighted by atomic mass is 9.84. The first-order chi connectivity index (χ1) is 12.4. The molecule has 2 atom stereocenters. The number of nitrogens with one attached hydrogen (secondary N) is 2. The van der Waals surface area contributed by atoms with Crippen LogP contribution in [0, 0.1) is 11.3 Å². The van der Waals surface area contributed by atoms with Crippen LogP contribution in [0.3, 0.4) is 0 Å². The predicted molar refractivity (Wildman–Crippen MR) is 96.0 cm³/mol. The molecule has 0 aliphatic carbocycles. The molecule has 7 heteroatoms. The Morgan fingerprint density at radius 3 is 2.81 bits per heavy atom. The molecule has 2 aliphatic heterocycles. The fourth-order valence-electron chi connectivity index (χ4n) is 3.78. The predicted octanol–water partition coefficient (Wildman–Crippen LogP) is 0.504. The number of pyridine rings is 1. The highest BCUT2D eigenvalue weighted by Gasteiger charge is 2.53. The van der Waals surface area contributed by atoms with Gasteiger partial charge in [-0.2, -0.15) is 0 Å². The number of rotatable bonds is 5. The average molecular weight is 358 g/mol. The minimum Gasteiger partial charge on any atom is -0.354 e. The van der Waals surface area contributed by atoms with Crippen molar-refractivity contribution in [3.63, 3.8) is 0 Å². The highest BCUT2D eigenvalue weighted by molar-refractivity contribution is 5.95. The van der Waals surface area contributed by atoms with E-state index in [1.165, 1.54) is 0 Å². The largest absolute Gasteiger partial charge is 0.354 e. The number of carbonyl (C=O) groups excluding carboxylic acids is 3. The Labute approximate surface area is 153 Å². The summed E-state index contributed by atoms with van der Waals surface area (Å²) in [4.78, 5) is 42.9. The lowest BCUT2D eigenvalue weighted by Gasteiger charge is -2.22. The van der Waals surface area contributed by atoms with Crippen LogP contribution < -0.4 is 10.6 Å².